The third kappa shape index (κ3) is 1.49. The van der Waals surface area contributed by atoms with E-state index in [-0.39, 0.29) is 0 Å². The Balaban J connectivity index is 1.85. The van der Waals surface area contributed by atoms with Gasteiger partial charge in [0.05, 0.1) is 10.2 Å². The van der Waals surface area contributed by atoms with E-state index in [2.05, 4.69) is 48.5 Å². The second kappa shape index (κ2) is 3.92. The lowest BCUT2D eigenvalue weighted by atomic mass is 10.0. The molecule has 1 unspecified atom stereocenters. The Morgan fingerprint density at radius 1 is 1.00 bits per heavy atom. The van der Waals surface area contributed by atoms with Crippen LogP contribution < -0.4 is 0 Å². The maximum absolute atomic E-state index is 4.81. The van der Waals surface area contributed by atoms with Gasteiger partial charge in [0, 0.05) is 5.92 Å². The second-order valence-electron chi connectivity index (χ2n) is 4.81. The summed E-state index contributed by atoms with van der Waals surface area (Å²) in [5, 5.41) is 1.28. The minimum absolute atomic E-state index is 0.513. The predicted octanol–water partition coefficient (Wildman–Crippen LogP) is 4.37. The van der Waals surface area contributed by atoms with Gasteiger partial charge in [0.15, 0.2) is 0 Å². The first-order valence-corrected chi connectivity index (χ1v) is 7.17. The normalized spacial score (nSPS) is 18.1. The number of hydrogen-bond donors (Lipinski definition) is 0. The van der Waals surface area contributed by atoms with Crippen molar-refractivity contribution in [2.24, 2.45) is 0 Å². The van der Waals surface area contributed by atoms with Gasteiger partial charge in [-0.25, -0.2) is 4.98 Å². The topological polar surface area (TPSA) is 12.9 Å². The zero-order valence-electron chi connectivity index (χ0n) is 9.97. The van der Waals surface area contributed by atoms with Crippen LogP contribution in [0.2, 0.25) is 0 Å². The molecule has 4 rings (SSSR count). The van der Waals surface area contributed by atoms with Gasteiger partial charge in [-0.1, -0.05) is 36.4 Å². The van der Waals surface area contributed by atoms with E-state index in [4.69, 9.17) is 4.98 Å². The van der Waals surface area contributed by atoms with E-state index in [0.717, 1.165) is 5.52 Å². The molecule has 0 aliphatic heterocycles. The Labute approximate surface area is 110 Å². The van der Waals surface area contributed by atoms with Gasteiger partial charge in [-0.2, -0.15) is 0 Å². The summed E-state index contributed by atoms with van der Waals surface area (Å²) in [6.45, 7) is 0. The fraction of sp³-hybridized carbons (Fsp3) is 0.188. The Morgan fingerprint density at radius 2 is 1.83 bits per heavy atom. The smallest absolute Gasteiger partial charge is 0.101 e. The van der Waals surface area contributed by atoms with Crippen molar-refractivity contribution in [3.05, 3.63) is 64.7 Å². The van der Waals surface area contributed by atoms with Crippen LogP contribution in [0, 0.1) is 0 Å². The number of aryl methyl sites for hydroxylation is 1. The zero-order valence-corrected chi connectivity index (χ0v) is 10.8. The van der Waals surface area contributed by atoms with E-state index in [0.29, 0.717) is 5.92 Å². The monoisotopic (exact) mass is 251 g/mol. The van der Waals surface area contributed by atoms with Crippen LogP contribution in [0.4, 0.5) is 0 Å². The summed E-state index contributed by atoms with van der Waals surface area (Å²) in [4.78, 5) is 4.81. The molecule has 1 atom stereocenters. The van der Waals surface area contributed by atoms with Gasteiger partial charge in [0.25, 0.3) is 0 Å². The third-order valence-corrected chi connectivity index (χ3v) is 4.89. The number of para-hydroxylation sites is 1. The van der Waals surface area contributed by atoms with Crippen molar-refractivity contribution in [3.8, 4) is 0 Å². The summed E-state index contributed by atoms with van der Waals surface area (Å²) in [7, 11) is 0. The van der Waals surface area contributed by atoms with Gasteiger partial charge < -0.3 is 0 Å². The molecule has 0 bridgehead atoms. The van der Waals surface area contributed by atoms with Gasteiger partial charge in [-0.15, -0.1) is 11.3 Å². The van der Waals surface area contributed by atoms with Gasteiger partial charge >= 0.3 is 0 Å². The van der Waals surface area contributed by atoms with Crippen LogP contribution in [-0.4, -0.2) is 4.98 Å². The first-order chi connectivity index (χ1) is 8.92. The van der Waals surface area contributed by atoms with Crippen LogP contribution >= 0.6 is 11.3 Å². The van der Waals surface area contributed by atoms with Gasteiger partial charge in [0.2, 0.25) is 0 Å². The number of fused-ring (bicyclic) bond motifs is 2. The fourth-order valence-electron chi connectivity index (χ4n) is 2.85. The highest BCUT2D eigenvalue weighted by atomic mass is 32.1. The van der Waals surface area contributed by atoms with E-state index in [1.807, 2.05) is 11.3 Å². The number of hydrogen-bond acceptors (Lipinski definition) is 2. The van der Waals surface area contributed by atoms with Crippen molar-refractivity contribution in [2.75, 3.05) is 0 Å². The van der Waals surface area contributed by atoms with Crippen LogP contribution in [0.3, 0.4) is 0 Å². The van der Waals surface area contributed by atoms with E-state index >= 15 is 0 Å². The van der Waals surface area contributed by atoms with E-state index in [1.54, 1.807) is 0 Å². The maximum atomic E-state index is 4.81. The highest BCUT2D eigenvalue weighted by molar-refractivity contribution is 7.18. The van der Waals surface area contributed by atoms with E-state index in [9.17, 15) is 0 Å². The summed E-state index contributed by atoms with van der Waals surface area (Å²) >= 11 is 1.85. The summed E-state index contributed by atoms with van der Waals surface area (Å²) in [5.74, 6) is 0.513. The highest BCUT2D eigenvalue weighted by Gasteiger charge is 2.25. The Morgan fingerprint density at radius 3 is 2.78 bits per heavy atom. The van der Waals surface area contributed by atoms with Gasteiger partial charge in [0.1, 0.15) is 5.01 Å². The van der Waals surface area contributed by atoms with Crippen LogP contribution in [0.5, 0.6) is 0 Å². The minimum Gasteiger partial charge on any atom is -0.241 e. The lowest BCUT2D eigenvalue weighted by Gasteiger charge is -2.07. The van der Waals surface area contributed by atoms with Crippen molar-refractivity contribution < 1.29 is 0 Å². The summed E-state index contributed by atoms with van der Waals surface area (Å²) in [5.41, 5.74) is 4.13. The molecule has 0 spiro atoms. The average molecular weight is 251 g/mol. The molecule has 1 aromatic heterocycles. The molecule has 1 aliphatic carbocycles. The van der Waals surface area contributed by atoms with E-state index in [1.165, 1.54) is 33.7 Å². The highest BCUT2D eigenvalue weighted by Crippen LogP contribution is 2.40. The quantitative estimate of drug-likeness (QED) is 0.625. The minimum atomic E-state index is 0.513. The molecule has 1 aliphatic rings. The molecule has 1 nitrogen and oxygen atoms in total. The SMILES string of the molecule is c1ccc2c(c1)CCC2c1nc2ccccc2s1. The molecule has 0 N–H and O–H groups in total. The number of benzene rings is 2. The molecule has 2 aromatic carbocycles. The lowest BCUT2D eigenvalue weighted by molar-refractivity contribution is 0.783. The molecule has 18 heavy (non-hydrogen) atoms. The van der Waals surface area contributed by atoms with Crippen molar-refractivity contribution in [3.63, 3.8) is 0 Å². The predicted molar refractivity (Wildman–Crippen MR) is 76.2 cm³/mol. The Bertz CT molecular complexity index is 681. The fourth-order valence-corrected chi connectivity index (χ4v) is 3.97. The Hall–Kier alpha value is -1.67. The first kappa shape index (κ1) is 10.3. The average Bonchev–Trinajstić information content (AvgIpc) is 3.02. The maximum Gasteiger partial charge on any atom is 0.101 e. The molecule has 3 aromatic rings. The molecule has 0 fully saturated rings. The van der Waals surface area contributed by atoms with Crippen molar-refractivity contribution >= 4 is 21.6 Å². The largest absolute Gasteiger partial charge is 0.241 e. The van der Waals surface area contributed by atoms with Crippen molar-refractivity contribution in [1.82, 2.24) is 4.98 Å². The standard InChI is InChI=1S/C16H13NS/c1-2-6-12-11(5-1)9-10-13(12)16-17-14-7-3-4-8-15(14)18-16/h1-8,13H,9-10H2. The number of nitrogens with zero attached hydrogens (tertiary/aromatic N) is 1. The molecular weight excluding hydrogens is 238 g/mol. The van der Waals surface area contributed by atoms with Gasteiger partial charge in [-0.05, 0) is 36.1 Å². The van der Waals surface area contributed by atoms with Gasteiger partial charge in [-0.3, -0.25) is 0 Å². The first-order valence-electron chi connectivity index (χ1n) is 6.35. The van der Waals surface area contributed by atoms with Crippen LogP contribution in [0.15, 0.2) is 48.5 Å². The number of rotatable bonds is 1. The third-order valence-electron chi connectivity index (χ3n) is 3.74. The molecule has 0 radical (unpaired) electrons. The van der Waals surface area contributed by atoms with Crippen LogP contribution in [0.25, 0.3) is 10.2 Å². The zero-order chi connectivity index (χ0) is 11.9. The molecule has 88 valence electrons. The molecule has 0 saturated heterocycles. The number of aromatic nitrogens is 1. The second-order valence-corrected chi connectivity index (χ2v) is 5.87. The van der Waals surface area contributed by atoms with Crippen LogP contribution in [-0.2, 0) is 6.42 Å². The van der Waals surface area contributed by atoms with Crippen molar-refractivity contribution in [1.29, 1.82) is 0 Å². The molecule has 2 heteroatoms. The van der Waals surface area contributed by atoms with Crippen molar-refractivity contribution in [2.45, 2.75) is 18.8 Å². The lowest BCUT2D eigenvalue weighted by Crippen LogP contribution is -1.94. The Kier molecular flexibility index (Phi) is 2.24. The van der Waals surface area contributed by atoms with E-state index < -0.39 is 0 Å². The number of thiazole rings is 1. The van der Waals surface area contributed by atoms with Crippen LogP contribution in [0.1, 0.15) is 28.5 Å². The molecule has 0 amide bonds. The molecule has 0 saturated carbocycles. The summed E-state index contributed by atoms with van der Waals surface area (Å²) in [6.07, 6.45) is 2.40. The summed E-state index contributed by atoms with van der Waals surface area (Å²) < 4.78 is 1.30. The molecule has 1 heterocycles. The molecular formula is C16H13NS. The summed E-state index contributed by atoms with van der Waals surface area (Å²) in [6, 6.07) is 17.2.